The highest BCUT2D eigenvalue weighted by molar-refractivity contribution is 8.00. The van der Waals surface area contributed by atoms with Crippen molar-refractivity contribution in [2.75, 3.05) is 43.5 Å². The molecule has 2 aromatic rings. The molecule has 0 aromatic carbocycles. The molecular weight excluding hydrogens is 867 g/mol. The van der Waals surface area contributed by atoms with Crippen molar-refractivity contribution in [1.29, 1.82) is 0 Å². The number of hydrogen-bond donors (Lipinski definition) is 9. The van der Waals surface area contributed by atoms with Gasteiger partial charge in [0.05, 0.1) is 25.3 Å². The second-order valence-corrected chi connectivity index (χ2v) is 19.2. The van der Waals surface area contributed by atoms with E-state index in [9.17, 15) is 57.9 Å². The van der Waals surface area contributed by atoms with Crippen LogP contribution in [0.1, 0.15) is 65.5 Å². The number of imidazole rings is 1. The number of nitrogens with two attached hydrogens (primary N) is 1. The van der Waals surface area contributed by atoms with Gasteiger partial charge in [-0.2, -0.15) is 16.1 Å². The van der Waals surface area contributed by atoms with Crippen LogP contribution in [0.5, 0.6) is 0 Å². The molecule has 2 amide bonds. The second kappa shape index (κ2) is 22.9. The normalized spacial score (nSPS) is 21.3. The third-order valence-corrected chi connectivity index (χ3v) is 12.5. The lowest BCUT2D eigenvalue weighted by Gasteiger charge is -2.30. The molecule has 1 aliphatic rings. The number of amides is 2. The van der Waals surface area contributed by atoms with Gasteiger partial charge in [0.2, 0.25) is 11.8 Å². The van der Waals surface area contributed by atoms with Crippen molar-refractivity contribution < 1.29 is 80.5 Å². The maximum atomic E-state index is 12.7. The van der Waals surface area contributed by atoms with Gasteiger partial charge >= 0.3 is 23.5 Å². The predicted octanol–water partition coefficient (Wildman–Crippen LogP) is 1.23. The number of aliphatic hydroxyl groups is 2. The highest BCUT2D eigenvalue weighted by Gasteiger charge is 2.50. The number of nitrogens with zero attached hydrogens (tertiary/aromatic N) is 4. The molecule has 0 spiro atoms. The molecule has 1 fully saturated rings. The Bertz CT molecular complexity index is 1900. The number of anilines is 1. The number of thioether (sulfide) groups is 1. The zero-order valence-electron chi connectivity index (χ0n) is 32.5. The van der Waals surface area contributed by atoms with Crippen LogP contribution in [0.3, 0.4) is 0 Å². The first-order chi connectivity index (χ1) is 27.6. The molecule has 0 saturated carbocycles. The van der Waals surface area contributed by atoms with Crippen LogP contribution in [0.15, 0.2) is 24.8 Å². The lowest BCUT2D eigenvalue weighted by Crippen LogP contribution is -2.46. The maximum absolute atomic E-state index is 12.7. The number of aliphatic hydroxyl groups excluding tert-OH is 2. The Labute approximate surface area is 343 Å². The standard InChI is InChI=1S/C31H52N7O17P3S/c1-4-5-6-7-8-9-10-20(39)16-59-14-13-33-22(40)11-12-34-29(43)26(42)31(2,3)17-52-58(49,50)55-57(47,48)51-15-21-25(54-56(44,45)46)24(41)30(53-21)38-19-37-23-27(32)35-18-36-28(23)38/h9-10,18-19,21,24-26,30,41-42H,4-8,11-17H2,1-3H3,(H,33,40)(H,34,43)(H,47,48)(H,49,50)(H2,32,35,36)(H2,44,45,46)/t21-,24-,25-,26+,30-/m1/s1. The number of ether oxygens (including phenoxy) is 1. The van der Waals surface area contributed by atoms with Crippen LogP contribution in [0.25, 0.3) is 11.2 Å². The summed E-state index contributed by atoms with van der Waals surface area (Å²) in [6.07, 6.45) is 1.93. The summed E-state index contributed by atoms with van der Waals surface area (Å²) in [5, 5.41) is 26.5. The van der Waals surface area contributed by atoms with E-state index in [4.69, 9.17) is 19.5 Å². The number of rotatable bonds is 27. The smallest absolute Gasteiger partial charge is 0.386 e. The second-order valence-electron chi connectivity index (χ2n) is 13.8. The molecule has 0 bridgehead atoms. The van der Waals surface area contributed by atoms with E-state index < -0.39 is 84.6 Å². The molecule has 28 heteroatoms. The number of carbonyl (C=O) groups is 3. The van der Waals surface area contributed by atoms with Crippen LogP contribution in [0.4, 0.5) is 5.82 Å². The highest BCUT2D eigenvalue weighted by atomic mass is 32.2. The van der Waals surface area contributed by atoms with Crippen LogP contribution in [-0.4, -0.2) is 129 Å². The van der Waals surface area contributed by atoms with Gasteiger partial charge in [-0.1, -0.05) is 46.1 Å². The minimum absolute atomic E-state index is 0.0103. The first-order valence-electron chi connectivity index (χ1n) is 18.2. The first kappa shape index (κ1) is 50.7. The predicted molar refractivity (Wildman–Crippen MR) is 210 cm³/mol. The van der Waals surface area contributed by atoms with E-state index >= 15 is 0 Å². The van der Waals surface area contributed by atoms with Crippen LogP contribution in [-0.2, 0) is 50.7 Å². The summed E-state index contributed by atoms with van der Waals surface area (Å²) in [5.41, 5.74) is 4.28. The van der Waals surface area contributed by atoms with E-state index in [0.717, 1.165) is 42.9 Å². The molecule has 1 aliphatic heterocycles. The summed E-state index contributed by atoms with van der Waals surface area (Å²) < 4.78 is 62.2. The van der Waals surface area contributed by atoms with E-state index in [1.807, 2.05) is 6.08 Å². The van der Waals surface area contributed by atoms with Crippen molar-refractivity contribution in [3.63, 3.8) is 0 Å². The lowest BCUT2D eigenvalue weighted by molar-refractivity contribution is -0.137. The number of phosphoric acid groups is 3. The van der Waals surface area contributed by atoms with Gasteiger partial charge < -0.3 is 50.9 Å². The number of unbranched alkanes of at least 4 members (excludes halogenated alkanes) is 4. The SMILES string of the molecule is CCCCCCC=CC(=O)CSCCNC(=O)CCNC(=O)[C@H](O)C(C)(C)COP(=O)(O)OP(=O)(O)OC[C@H]1O[C@@H](n2cnc3c(N)ncnc32)[C@H](O)[C@@H]1OP(=O)(O)O. The van der Waals surface area contributed by atoms with Gasteiger partial charge in [-0.3, -0.25) is 32.5 Å². The largest absolute Gasteiger partial charge is 0.481 e. The van der Waals surface area contributed by atoms with Gasteiger partial charge in [0, 0.05) is 30.7 Å². The van der Waals surface area contributed by atoms with Gasteiger partial charge in [-0.05, 0) is 18.9 Å². The van der Waals surface area contributed by atoms with Crippen molar-refractivity contribution in [3.05, 3.63) is 24.8 Å². The molecule has 0 radical (unpaired) electrons. The molecule has 3 rings (SSSR count). The fourth-order valence-electron chi connectivity index (χ4n) is 5.33. The van der Waals surface area contributed by atoms with E-state index in [1.165, 1.54) is 32.0 Å². The number of phosphoric ester groups is 3. The Morgan fingerprint density at radius 3 is 2.46 bits per heavy atom. The van der Waals surface area contributed by atoms with E-state index in [0.29, 0.717) is 5.75 Å². The maximum Gasteiger partial charge on any atom is 0.481 e. The van der Waals surface area contributed by atoms with Gasteiger partial charge in [-0.15, -0.1) is 0 Å². The lowest BCUT2D eigenvalue weighted by atomic mass is 9.87. The molecular formula is C31H52N7O17P3S. The number of nitrogens with one attached hydrogen (secondary N) is 2. The number of carbonyl (C=O) groups excluding carboxylic acids is 3. The molecule has 24 nitrogen and oxygen atoms in total. The third kappa shape index (κ3) is 16.9. The topological polar surface area (TPSA) is 364 Å². The Morgan fingerprint density at radius 1 is 1.05 bits per heavy atom. The minimum atomic E-state index is -5.57. The van der Waals surface area contributed by atoms with Crippen molar-refractivity contribution in [1.82, 2.24) is 30.2 Å². The number of nitrogen functional groups attached to an aromatic ring is 1. The number of ketones is 1. The molecule has 10 N–H and O–H groups in total. The first-order valence-corrected chi connectivity index (χ1v) is 23.9. The molecule has 2 unspecified atom stereocenters. The number of hydrogen-bond acceptors (Lipinski definition) is 18. The molecule has 334 valence electrons. The van der Waals surface area contributed by atoms with Gasteiger partial charge in [0.1, 0.15) is 36.3 Å². The summed E-state index contributed by atoms with van der Waals surface area (Å²) in [4.78, 5) is 87.7. The van der Waals surface area contributed by atoms with Gasteiger partial charge in [0.15, 0.2) is 23.5 Å². The van der Waals surface area contributed by atoms with Crippen molar-refractivity contribution in [2.24, 2.45) is 5.41 Å². The number of fused-ring (bicyclic) bond motifs is 1. The molecule has 2 aromatic heterocycles. The van der Waals surface area contributed by atoms with E-state index in [2.05, 4.69) is 41.3 Å². The molecule has 59 heavy (non-hydrogen) atoms. The molecule has 7 atom stereocenters. The Hall–Kier alpha value is -2.70. The highest BCUT2D eigenvalue weighted by Crippen LogP contribution is 2.61. The average Bonchev–Trinajstić information content (AvgIpc) is 3.70. The summed E-state index contributed by atoms with van der Waals surface area (Å²) in [7, 11) is -16.4. The quantitative estimate of drug-likeness (QED) is 0.0346. The summed E-state index contributed by atoms with van der Waals surface area (Å²) in [6.45, 7) is 2.75. The van der Waals surface area contributed by atoms with Crippen molar-refractivity contribution in [3.8, 4) is 0 Å². The molecule has 1 saturated heterocycles. The monoisotopic (exact) mass is 919 g/mol. The minimum Gasteiger partial charge on any atom is -0.386 e. The van der Waals surface area contributed by atoms with E-state index in [-0.39, 0.29) is 48.0 Å². The zero-order chi connectivity index (χ0) is 44.0. The van der Waals surface area contributed by atoms with Crippen LogP contribution in [0, 0.1) is 5.41 Å². The Morgan fingerprint density at radius 2 is 1.76 bits per heavy atom. The Kier molecular flexibility index (Phi) is 19.7. The third-order valence-electron chi connectivity index (χ3n) is 8.42. The fourth-order valence-corrected chi connectivity index (χ4v) is 8.84. The molecule has 0 aliphatic carbocycles. The van der Waals surface area contributed by atoms with Crippen molar-refractivity contribution >= 4 is 69.8 Å². The summed E-state index contributed by atoms with van der Waals surface area (Å²) in [5.74, 6) is -0.647. The Balaban J connectivity index is 1.42. The van der Waals surface area contributed by atoms with Crippen LogP contribution < -0.4 is 16.4 Å². The van der Waals surface area contributed by atoms with E-state index in [1.54, 1.807) is 6.08 Å². The molecule has 3 heterocycles. The van der Waals surface area contributed by atoms with Gasteiger partial charge in [-0.25, -0.2) is 28.6 Å². The number of allylic oxidation sites excluding steroid dienone is 2. The van der Waals surface area contributed by atoms with Crippen LogP contribution in [0.2, 0.25) is 0 Å². The fraction of sp³-hybridized carbons (Fsp3) is 0.677. The van der Waals surface area contributed by atoms with Crippen molar-refractivity contribution in [2.45, 2.75) is 89.9 Å². The van der Waals surface area contributed by atoms with Crippen LogP contribution >= 0.6 is 35.2 Å². The summed E-state index contributed by atoms with van der Waals surface area (Å²) >= 11 is 1.37. The average molecular weight is 920 g/mol. The summed E-state index contributed by atoms with van der Waals surface area (Å²) in [6, 6.07) is 0. The van der Waals surface area contributed by atoms with Gasteiger partial charge in [0.25, 0.3) is 0 Å². The number of aromatic nitrogens is 4. The zero-order valence-corrected chi connectivity index (χ0v) is 36.0.